The lowest BCUT2D eigenvalue weighted by Crippen LogP contribution is -2.07. The summed E-state index contributed by atoms with van der Waals surface area (Å²) in [7, 11) is 0. The third-order valence-corrected chi connectivity index (χ3v) is 4.96. The molecule has 0 bridgehead atoms. The summed E-state index contributed by atoms with van der Waals surface area (Å²) < 4.78 is 0. The SMILES string of the molecule is CC(C)(C)c1ccc(-c2ccc(N)c3ncccc23)s1. The molecule has 0 aliphatic heterocycles. The van der Waals surface area contributed by atoms with Crippen LogP contribution in [0.3, 0.4) is 0 Å². The number of nitrogens with zero attached hydrogens (tertiary/aromatic N) is 1. The van der Waals surface area contributed by atoms with Crippen molar-refractivity contribution in [3.05, 3.63) is 47.5 Å². The molecule has 0 saturated carbocycles. The molecule has 0 aliphatic rings. The van der Waals surface area contributed by atoms with Gasteiger partial charge in [0.05, 0.1) is 11.2 Å². The minimum atomic E-state index is 0.185. The molecule has 2 nitrogen and oxygen atoms in total. The highest BCUT2D eigenvalue weighted by Crippen LogP contribution is 2.38. The van der Waals surface area contributed by atoms with Crippen molar-refractivity contribution in [1.82, 2.24) is 4.98 Å². The first-order valence-electron chi connectivity index (χ1n) is 6.71. The summed E-state index contributed by atoms with van der Waals surface area (Å²) in [6.45, 7) is 6.72. The van der Waals surface area contributed by atoms with Gasteiger partial charge in [0.25, 0.3) is 0 Å². The van der Waals surface area contributed by atoms with E-state index in [1.807, 2.05) is 23.5 Å². The van der Waals surface area contributed by atoms with Crippen molar-refractivity contribution in [1.29, 1.82) is 0 Å². The lowest BCUT2D eigenvalue weighted by molar-refractivity contribution is 0.604. The number of anilines is 1. The Hall–Kier alpha value is -1.87. The summed E-state index contributed by atoms with van der Waals surface area (Å²) in [5.41, 5.74) is 9.03. The van der Waals surface area contributed by atoms with Crippen LogP contribution in [-0.2, 0) is 5.41 Å². The van der Waals surface area contributed by atoms with Gasteiger partial charge < -0.3 is 5.73 Å². The Balaban J connectivity index is 2.20. The number of hydrogen-bond acceptors (Lipinski definition) is 3. The van der Waals surface area contributed by atoms with E-state index < -0.39 is 0 Å². The molecule has 0 spiro atoms. The maximum Gasteiger partial charge on any atom is 0.0937 e. The molecule has 20 heavy (non-hydrogen) atoms. The zero-order chi connectivity index (χ0) is 14.3. The van der Waals surface area contributed by atoms with Crippen LogP contribution in [0.2, 0.25) is 0 Å². The highest BCUT2D eigenvalue weighted by molar-refractivity contribution is 7.15. The number of thiophene rings is 1. The van der Waals surface area contributed by atoms with Gasteiger partial charge in [0.1, 0.15) is 0 Å². The summed E-state index contributed by atoms with van der Waals surface area (Å²) in [6, 6.07) is 12.5. The molecule has 1 aromatic carbocycles. The fraction of sp³-hybridized carbons (Fsp3) is 0.235. The number of aromatic nitrogens is 1. The Bertz CT molecular complexity index is 766. The van der Waals surface area contributed by atoms with Gasteiger partial charge in [0, 0.05) is 26.9 Å². The van der Waals surface area contributed by atoms with E-state index in [4.69, 9.17) is 5.73 Å². The predicted molar refractivity (Wildman–Crippen MR) is 88.2 cm³/mol. The third kappa shape index (κ3) is 2.18. The molecular weight excluding hydrogens is 264 g/mol. The fourth-order valence-corrected chi connectivity index (χ4v) is 3.40. The molecule has 2 heterocycles. The van der Waals surface area contributed by atoms with E-state index in [1.54, 1.807) is 6.20 Å². The van der Waals surface area contributed by atoms with Gasteiger partial charge in [-0.25, -0.2) is 0 Å². The quantitative estimate of drug-likeness (QED) is 0.648. The highest BCUT2D eigenvalue weighted by Gasteiger charge is 2.17. The van der Waals surface area contributed by atoms with Crippen LogP contribution in [0.5, 0.6) is 0 Å². The molecule has 0 amide bonds. The van der Waals surface area contributed by atoms with Crippen molar-refractivity contribution in [3.63, 3.8) is 0 Å². The smallest absolute Gasteiger partial charge is 0.0937 e. The van der Waals surface area contributed by atoms with E-state index in [1.165, 1.54) is 15.3 Å². The Kier molecular flexibility index (Phi) is 3.02. The van der Waals surface area contributed by atoms with E-state index in [-0.39, 0.29) is 5.41 Å². The molecule has 3 aromatic rings. The van der Waals surface area contributed by atoms with Crippen molar-refractivity contribution in [3.8, 4) is 10.4 Å². The Labute approximate surface area is 123 Å². The van der Waals surface area contributed by atoms with Crippen molar-refractivity contribution >= 4 is 27.9 Å². The number of nitrogen functional groups attached to an aromatic ring is 1. The van der Waals surface area contributed by atoms with E-state index in [2.05, 4.69) is 50.0 Å². The van der Waals surface area contributed by atoms with E-state index in [9.17, 15) is 0 Å². The number of rotatable bonds is 1. The molecular formula is C17H18N2S. The zero-order valence-electron chi connectivity index (χ0n) is 12.0. The Morgan fingerprint density at radius 1 is 1.05 bits per heavy atom. The second-order valence-corrected chi connectivity index (χ2v) is 7.10. The lowest BCUT2D eigenvalue weighted by Gasteiger charge is -2.15. The summed E-state index contributed by atoms with van der Waals surface area (Å²) >= 11 is 1.85. The maximum absolute atomic E-state index is 6.02. The molecule has 3 rings (SSSR count). The molecule has 2 aromatic heterocycles. The number of hydrogen-bond donors (Lipinski definition) is 1. The van der Waals surface area contributed by atoms with Crippen LogP contribution in [-0.4, -0.2) is 4.98 Å². The normalized spacial score (nSPS) is 11.9. The highest BCUT2D eigenvalue weighted by atomic mass is 32.1. The van der Waals surface area contributed by atoms with E-state index in [0.717, 1.165) is 16.6 Å². The van der Waals surface area contributed by atoms with Gasteiger partial charge >= 0.3 is 0 Å². The molecule has 2 N–H and O–H groups in total. The van der Waals surface area contributed by atoms with E-state index in [0.29, 0.717) is 0 Å². The van der Waals surface area contributed by atoms with Gasteiger partial charge in [-0.15, -0.1) is 11.3 Å². The van der Waals surface area contributed by atoms with Crippen LogP contribution in [0.4, 0.5) is 5.69 Å². The van der Waals surface area contributed by atoms with Crippen molar-refractivity contribution < 1.29 is 0 Å². The molecule has 0 saturated heterocycles. The topological polar surface area (TPSA) is 38.9 Å². The fourth-order valence-electron chi connectivity index (χ4n) is 2.30. The van der Waals surface area contributed by atoms with Crippen molar-refractivity contribution in [2.75, 3.05) is 5.73 Å². The molecule has 0 radical (unpaired) electrons. The number of nitrogens with two attached hydrogens (primary N) is 1. The molecule has 0 aliphatic carbocycles. The molecule has 0 fully saturated rings. The van der Waals surface area contributed by atoms with Crippen molar-refractivity contribution in [2.24, 2.45) is 0 Å². The standard InChI is InChI=1S/C17H18N2S/c1-17(2,3)15-9-8-14(20-15)11-6-7-13(18)16-12(11)5-4-10-19-16/h4-10H,18H2,1-3H3. The third-order valence-electron chi connectivity index (χ3n) is 3.41. The Morgan fingerprint density at radius 2 is 1.85 bits per heavy atom. The van der Waals surface area contributed by atoms with Crippen LogP contribution in [0.15, 0.2) is 42.6 Å². The van der Waals surface area contributed by atoms with Gasteiger partial charge in [-0.05, 0) is 29.7 Å². The first-order valence-corrected chi connectivity index (χ1v) is 7.52. The zero-order valence-corrected chi connectivity index (χ0v) is 12.8. The minimum Gasteiger partial charge on any atom is -0.397 e. The first kappa shape index (κ1) is 13.1. The lowest BCUT2D eigenvalue weighted by atomic mass is 9.95. The van der Waals surface area contributed by atoms with Gasteiger partial charge in [0.15, 0.2) is 0 Å². The molecule has 3 heteroatoms. The van der Waals surface area contributed by atoms with Crippen LogP contribution >= 0.6 is 11.3 Å². The molecule has 102 valence electrons. The van der Waals surface area contributed by atoms with Crippen LogP contribution in [0.25, 0.3) is 21.3 Å². The summed E-state index contributed by atoms with van der Waals surface area (Å²) in [6.07, 6.45) is 1.79. The monoisotopic (exact) mass is 282 g/mol. The first-order chi connectivity index (χ1) is 9.47. The van der Waals surface area contributed by atoms with Crippen LogP contribution < -0.4 is 5.73 Å². The molecule has 0 unspecified atom stereocenters. The average molecular weight is 282 g/mol. The minimum absolute atomic E-state index is 0.185. The summed E-state index contributed by atoms with van der Waals surface area (Å²) in [4.78, 5) is 7.06. The van der Waals surface area contributed by atoms with Gasteiger partial charge in [-0.2, -0.15) is 0 Å². The molecule has 0 atom stereocenters. The van der Waals surface area contributed by atoms with Gasteiger partial charge in [-0.3, -0.25) is 4.98 Å². The van der Waals surface area contributed by atoms with Crippen LogP contribution in [0, 0.1) is 0 Å². The maximum atomic E-state index is 6.02. The number of benzene rings is 1. The van der Waals surface area contributed by atoms with Gasteiger partial charge in [-0.1, -0.05) is 32.9 Å². The predicted octanol–water partition coefficient (Wildman–Crippen LogP) is 4.84. The Morgan fingerprint density at radius 3 is 2.55 bits per heavy atom. The largest absolute Gasteiger partial charge is 0.397 e. The number of fused-ring (bicyclic) bond motifs is 1. The number of pyridine rings is 1. The second kappa shape index (κ2) is 4.60. The van der Waals surface area contributed by atoms with Crippen molar-refractivity contribution in [2.45, 2.75) is 26.2 Å². The second-order valence-electron chi connectivity index (χ2n) is 6.02. The summed E-state index contributed by atoms with van der Waals surface area (Å²) in [5, 5.41) is 1.12. The van der Waals surface area contributed by atoms with Crippen LogP contribution in [0.1, 0.15) is 25.6 Å². The average Bonchev–Trinajstić information content (AvgIpc) is 2.89. The van der Waals surface area contributed by atoms with E-state index >= 15 is 0 Å². The van der Waals surface area contributed by atoms with Gasteiger partial charge in [0.2, 0.25) is 0 Å². The summed E-state index contributed by atoms with van der Waals surface area (Å²) in [5.74, 6) is 0.